The van der Waals surface area contributed by atoms with Crippen LogP contribution in [0.25, 0.3) is 21.8 Å². The summed E-state index contributed by atoms with van der Waals surface area (Å²) < 4.78 is 22.3. The molecule has 4 aromatic carbocycles. The molecule has 7 aromatic rings. The second-order valence-electron chi connectivity index (χ2n) is 15.5. The van der Waals surface area contributed by atoms with Gasteiger partial charge in [-0.3, -0.25) is 4.79 Å². The van der Waals surface area contributed by atoms with Crippen molar-refractivity contribution in [1.82, 2.24) is 24.9 Å². The van der Waals surface area contributed by atoms with E-state index < -0.39 is 11.6 Å². The van der Waals surface area contributed by atoms with Gasteiger partial charge in [-0.2, -0.15) is 0 Å². The summed E-state index contributed by atoms with van der Waals surface area (Å²) in [4.78, 5) is 50.4. The number of benzene rings is 4. The number of hydrogen-bond acceptors (Lipinski definition) is 18. The molecule has 2 saturated heterocycles. The van der Waals surface area contributed by atoms with Crippen LogP contribution < -0.4 is 168 Å². The number of pyridine rings is 1. The number of phenolic OH excluding ortho intramolecular Hbond substituents is 1. The number of phenols is 1. The minimum absolute atomic E-state index is 0. The third-order valence-electron chi connectivity index (χ3n) is 9.73. The van der Waals surface area contributed by atoms with Gasteiger partial charge in [0.25, 0.3) is 6.47 Å². The van der Waals surface area contributed by atoms with Crippen LogP contribution in [-0.4, -0.2) is 101 Å². The van der Waals surface area contributed by atoms with Gasteiger partial charge < -0.3 is 56.1 Å². The Morgan fingerprint density at radius 2 is 1.21 bits per heavy atom. The van der Waals surface area contributed by atoms with Gasteiger partial charge in [0, 0.05) is 61.6 Å². The molecule has 0 amide bonds. The number of para-hydroxylation sites is 4. The summed E-state index contributed by atoms with van der Waals surface area (Å²) in [5.74, 6) is 1.83. The molecule has 20 heteroatoms. The van der Waals surface area contributed by atoms with Crippen molar-refractivity contribution in [2.24, 2.45) is 0 Å². The Morgan fingerprint density at radius 1 is 0.716 bits per heavy atom. The molecule has 0 saturated carbocycles. The van der Waals surface area contributed by atoms with Crippen molar-refractivity contribution in [3.05, 3.63) is 121 Å². The summed E-state index contributed by atoms with van der Waals surface area (Å²) in [7, 11) is 0. The fraction of sp³-hybridized carbons (Fsp3) is 0.255. The van der Waals surface area contributed by atoms with Crippen LogP contribution in [0.4, 0.5) is 34.6 Å². The molecule has 0 radical (unpaired) electrons. The van der Waals surface area contributed by atoms with Crippen LogP contribution in [0.5, 0.6) is 17.2 Å². The quantitative estimate of drug-likeness (QED) is 0.0748. The molecular weight excluding hydrogens is 1100 g/mol. The second-order valence-corrected chi connectivity index (χ2v) is 15.5. The number of carbonyl (C=O) groups excluding carboxylic acids is 2. The molecule has 67 heavy (non-hydrogen) atoms. The molecule has 0 unspecified atom stereocenters. The van der Waals surface area contributed by atoms with E-state index in [0.29, 0.717) is 36.6 Å². The van der Waals surface area contributed by atoms with Crippen LogP contribution in [0.15, 0.2) is 116 Å². The molecule has 0 bridgehead atoms. The SMILES string of the molecule is CC(C)(C)OC(=O)c1cc(Oc2ccc3nc(Nc4ccccc4N4CCOCC4)ncc3c2)ccn1.O=CO[O-].Oc1ccc2nc(Nc3ccccc3N3CCOCC3)ncc2c1.[Cs+].[Cs+].[H-]. The Morgan fingerprint density at radius 3 is 1.73 bits per heavy atom. The monoisotopic (exact) mass is 1150 g/mol. The third kappa shape index (κ3) is 16.3. The molecule has 0 aliphatic carbocycles. The summed E-state index contributed by atoms with van der Waals surface area (Å²) in [6.07, 6.45) is 4.99. The Balaban J connectivity index is 0.000000282. The van der Waals surface area contributed by atoms with Gasteiger partial charge in [0.2, 0.25) is 11.9 Å². The van der Waals surface area contributed by atoms with Gasteiger partial charge >= 0.3 is 144 Å². The minimum Gasteiger partial charge on any atom is -1.00 e. The van der Waals surface area contributed by atoms with Gasteiger partial charge in [-0.15, -0.1) is 0 Å². The van der Waals surface area contributed by atoms with E-state index in [1.807, 2.05) is 75.4 Å². The van der Waals surface area contributed by atoms with Crippen LogP contribution >= 0.6 is 0 Å². The van der Waals surface area contributed by atoms with Gasteiger partial charge in [0.1, 0.15) is 22.8 Å². The maximum atomic E-state index is 12.3. The Hall–Kier alpha value is -3.57. The zero-order valence-corrected chi connectivity index (χ0v) is 50.6. The normalized spacial score (nSPS) is 13.3. The summed E-state index contributed by atoms with van der Waals surface area (Å²) in [5.41, 5.74) is 5.28. The van der Waals surface area contributed by atoms with Crippen molar-refractivity contribution in [2.45, 2.75) is 26.4 Å². The molecule has 3 aromatic heterocycles. The smallest absolute Gasteiger partial charge is 1.00 e. The number of aromatic hydroxyl groups is 1. The van der Waals surface area contributed by atoms with Gasteiger partial charge in [-0.1, -0.05) is 24.3 Å². The predicted molar refractivity (Wildman–Crippen MR) is 244 cm³/mol. The van der Waals surface area contributed by atoms with E-state index in [1.54, 1.807) is 42.7 Å². The van der Waals surface area contributed by atoms with E-state index >= 15 is 0 Å². The Bertz CT molecular complexity index is 2730. The van der Waals surface area contributed by atoms with Crippen LogP contribution in [-0.2, 0) is 23.9 Å². The largest absolute Gasteiger partial charge is 1.00 e. The molecule has 0 spiro atoms. The summed E-state index contributed by atoms with van der Waals surface area (Å²) in [5, 5.41) is 26.3. The molecule has 2 aliphatic heterocycles. The topological polar surface area (TPSA) is 219 Å². The van der Waals surface area contributed by atoms with Crippen molar-refractivity contribution < 1.29 is 183 Å². The van der Waals surface area contributed by atoms with E-state index in [9.17, 15) is 9.90 Å². The number of morpholine rings is 2. The van der Waals surface area contributed by atoms with Crippen molar-refractivity contribution in [2.75, 3.05) is 73.0 Å². The van der Waals surface area contributed by atoms with E-state index in [1.165, 1.54) is 6.20 Å². The van der Waals surface area contributed by atoms with E-state index in [2.05, 4.69) is 62.4 Å². The number of esters is 1. The number of carbonyl (C=O) groups is 2. The number of aromatic nitrogens is 5. The Kier molecular flexibility index (Phi) is 21.9. The van der Waals surface area contributed by atoms with Crippen molar-refractivity contribution >= 4 is 68.9 Å². The molecule has 2 aliphatic rings. The first-order valence-corrected chi connectivity index (χ1v) is 20.7. The van der Waals surface area contributed by atoms with Gasteiger partial charge in [-0.05, 0) is 87.5 Å². The van der Waals surface area contributed by atoms with Crippen LogP contribution in [0.2, 0.25) is 0 Å². The zero-order chi connectivity index (χ0) is 45.6. The van der Waals surface area contributed by atoms with Crippen LogP contribution in [0.1, 0.15) is 32.7 Å². The maximum absolute atomic E-state index is 12.3. The molecule has 18 nitrogen and oxygen atoms in total. The minimum atomic E-state index is -0.605. The first-order chi connectivity index (χ1) is 31.5. The maximum Gasteiger partial charge on any atom is 1.00 e. The van der Waals surface area contributed by atoms with Gasteiger partial charge in [0.15, 0.2) is 5.69 Å². The molecule has 0 atom stereocenters. The standard InChI is InChI=1S/C28H29N5O4.C18H18N4O2.CH2O3.2Cs.H/c1-28(2,3)37-26(34)24-17-21(10-11-29-24)36-20-8-9-22-19(16-20)18-30-27(31-22)32-23-6-4-5-7-25(23)33-12-14-35-15-13-33;23-14-5-6-15-13(11-14)12-19-18(20-15)21-16-3-1-2-4-17(16)22-7-9-24-10-8-22;2-1-4-3;;;/h4-11,16-18H,12-15H2,1-3H3,(H,30,31,32);1-6,11-12,23H,7-10H2,(H,19,20,21);1,3H;;;/q;;;2*+1;-1/p-1. The number of ether oxygens (including phenoxy) is 4. The van der Waals surface area contributed by atoms with Crippen LogP contribution in [0, 0.1) is 0 Å². The van der Waals surface area contributed by atoms with Crippen molar-refractivity contribution in [3.63, 3.8) is 0 Å². The van der Waals surface area contributed by atoms with E-state index in [4.69, 9.17) is 29.0 Å². The molecule has 338 valence electrons. The van der Waals surface area contributed by atoms with Gasteiger partial charge in [-0.25, -0.2) is 29.7 Å². The first-order valence-electron chi connectivity index (χ1n) is 20.7. The summed E-state index contributed by atoms with van der Waals surface area (Å²) in [6.45, 7) is 11.6. The number of nitrogens with zero attached hydrogens (tertiary/aromatic N) is 7. The number of anilines is 6. The van der Waals surface area contributed by atoms with Crippen molar-refractivity contribution in [1.29, 1.82) is 0 Å². The molecule has 2 fully saturated rings. The molecule has 9 rings (SSSR count). The molecule has 3 N–H and O–H groups in total. The molecular formula is C47H49Cs2N9O9. The Labute approximate surface area is 506 Å². The number of nitrogens with one attached hydrogen (secondary N) is 2. The van der Waals surface area contributed by atoms with E-state index in [-0.39, 0.29) is 157 Å². The second kappa shape index (κ2) is 27.0. The summed E-state index contributed by atoms with van der Waals surface area (Å²) >= 11 is 0. The van der Waals surface area contributed by atoms with E-state index in [0.717, 1.165) is 83.9 Å². The van der Waals surface area contributed by atoms with Gasteiger partial charge in [0.05, 0.1) is 60.2 Å². The fourth-order valence-electron chi connectivity index (χ4n) is 6.83. The number of hydrogen-bond donors (Lipinski definition) is 3. The third-order valence-corrected chi connectivity index (χ3v) is 9.73. The van der Waals surface area contributed by atoms with Crippen molar-refractivity contribution in [3.8, 4) is 17.2 Å². The van der Waals surface area contributed by atoms with Crippen LogP contribution in [0.3, 0.4) is 0 Å². The summed E-state index contributed by atoms with van der Waals surface area (Å²) in [6, 6.07) is 30.1. The predicted octanol–water partition coefficient (Wildman–Crippen LogP) is 0.823. The average molecular weight is 1150 g/mol. The average Bonchev–Trinajstić information content (AvgIpc) is 3.32. The number of fused-ring (bicyclic) bond motifs is 2. The fourth-order valence-corrected chi connectivity index (χ4v) is 6.83. The first kappa shape index (κ1) is 54.4. The molecule has 5 heterocycles. The zero-order valence-electron chi connectivity index (χ0n) is 39.0. The number of rotatable bonds is 10.